The van der Waals surface area contributed by atoms with Crippen LogP contribution in [0.1, 0.15) is 295 Å². The van der Waals surface area contributed by atoms with Crippen molar-refractivity contribution < 1.29 is 18.9 Å². The molecule has 2 saturated heterocycles. The monoisotopic (exact) mass is 1940 g/mol. The molecule has 33 heteroatoms. The summed E-state index contributed by atoms with van der Waals surface area (Å²) in [4.78, 5) is 152. The van der Waals surface area contributed by atoms with Crippen LogP contribution >= 0.6 is 0 Å². The first-order valence-electron chi connectivity index (χ1n) is 50.6. The zero-order valence-corrected chi connectivity index (χ0v) is 90.3. The van der Waals surface area contributed by atoms with Gasteiger partial charge in [0.1, 0.15) is 68.2 Å². The molecule has 0 bridgehead atoms. The Bertz CT molecular complexity index is 5000. The van der Waals surface area contributed by atoms with Gasteiger partial charge < -0.3 is 92.1 Å². The van der Waals surface area contributed by atoms with E-state index in [0.29, 0.717) is 193 Å². The van der Waals surface area contributed by atoms with E-state index in [9.17, 15) is 57.5 Å². The van der Waals surface area contributed by atoms with E-state index in [0.717, 1.165) is 187 Å². The number of nitrogens with one attached hydrogen (secondary N) is 10. The lowest BCUT2D eigenvalue weighted by Gasteiger charge is -2.33. The molecule has 0 atom stereocenters. The van der Waals surface area contributed by atoms with Gasteiger partial charge in [-0.25, -0.2) is 0 Å². The van der Waals surface area contributed by atoms with Gasteiger partial charge in [-0.15, -0.1) is 0 Å². The molecular weight excluding hydrogens is 1760 g/mol. The summed E-state index contributed by atoms with van der Waals surface area (Å²) < 4.78 is 20.3. The molecule has 6 aromatic rings. The molecule has 0 saturated carbocycles. The number of nitrogens with two attached hydrogens (primary N) is 1. The molecule has 0 radical (unpaired) electrons. The van der Waals surface area contributed by atoms with Crippen LogP contribution in [0.15, 0.2) is 62.5 Å². The molecule has 2 heterocycles. The molecule has 0 spiro atoms. The standard InChI is InChI=1S/C17H30N2O4.C17H28N2O2.C16H26N2O2.C15H26N2O2.C14H24N2O3.C13H27N5O.C13H22N2O2/c1-17(2,3)7-6-8-18-13-14(16(21)15(13)20)19(9-11-22-4)10-12-23-5;1-12-6-10-19(11-7-12)14-13(15(20)16(14)21)18-9-5-8-17(2,3)4;1-16(2,3)8-7-9-17-12-13(15(20)14(12)19)18-10-5-4-6-11-18;1-6-17(7-2)12-11(13(18)14(12)19)16-10-8-9-15(3,4)5;1-14(2,3)6-5-7-15-10-11(13(18)12(10)17)16-8-9-19-4;1-13(2,3)5-4-7-16-12(18-11-15)17-8-10-19-9-6-14;1-5-14-9-10(12(17)11(9)16)15-8-6-7-13(2,3)4/h18H,6-12H2,1-5H3;12,18H,5-11H2,1-4H3;17H,4-11H2,1-3H3;16H,6-10H2,1-5H3;15-16H,5-9H2,1-4H3;4-10,14H2,1-3H3,(H2,16,17,18);14-15H,5-8H2,1-4H3. The van der Waals surface area contributed by atoms with E-state index < -0.39 is 32.6 Å². The van der Waals surface area contributed by atoms with Crippen molar-refractivity contribution in [1.29, 1.82) is 5.26 Å². The Kier molecular flexibility index (Phi) is 56.1. The molecule has 2 fully saturated rings. The maximum Gasteiger partial charge on any atom is 0.253 e. The second kappa shape index (κ2) is 62.0. The van der Waals surface area contributed by atoms with Crippen LogP contribution < -0.4 is 144 Å². The van der Waals surface area contributed by atoms with Crippen molar-refractivity contribution in [3.05, 3.63) is 123 Å². The lowest BCUT2D eigenvalue weighted by molar-refractivity contribution is 0.146. The maximum atomic E-state index is 12.0. The van der Waals surface area contributed by atoms with E-state index in [2.05, 4.69) is 220 Å². The van der Waals surface area contributed by atoms with Gasteiger partial charge in [0.25, 0.3) is 65.1 Å². The number of methoxy groups -OCH3 is 3. The van der Waals surface area contributed by atoms with Crippen molar-refractivity contribution >= 4 is 74.2 Å². The lowest BCUT2D eigenvalue weighted by atomic mass is 9.90. The van der Waals surface area contributed by atoms with Crippen LogP contribution in [-0.4, -0.2) is 185 Å². The number of guanidine groups is 1. The number of hydrogen-bond acceptors (Lipinski definition) is 31. The fourth-order valence-electron chi connectivity index (χ4n) is 15.3. The first-order valence-corrected chi connectivity index (χ1v) is 50.6. The Morgan fingerprint density at radius 2 is 0.674 bits per heavy atom. The largest absolute Gasteiger partial charge is 0.383 e. The van der Waals surface area contributed by atoms with Crippen LogP contribution in [0.2, 0.25) is 0 Å². The number of aliphatic imine (C=N–C) groups is 1. The summed E-state index contributed by atoms with van der Waals surface area (Å²) in [5.74, 6) is 1.23. The molecular formula is C105H183N17O16. The third-order valence-electron chi connectivity index (χ3n) is 23.4. The lowest BCUT2D eigenvalue weighted by Crippen LogP contribution is -2.45. The van der Waals surface area contributed by atoms with Crippen LogP contribution in [0, 0.1) is 55.3 Å². The predicted octanol–water partition coefficient (Wildman–Crippen LogP) is 13.6. The van der Waals surface area contributed by atoms with Gasteiger partial charge in [-0.3, -0.25) is 67.8 Å². The molecule has 12 N–H and O–H groups in total. The van der Waals surface area contributed by atoms with E-state index >= 15 is 0 Å². The summed E-state index contributed by atoms with van der Waals surface area (Å²) in [5, 5.41) is 38.8. The number of rotatable bonds is 50. The molecule has 0 aromatic heterocycles. The Hall–Kier alpha value is -9.36. The average molecular weight is 1940 g/mol. The van der Waals surface area contributed by atoms with E-state index in [1.54, 1.807) is 21.3 Å². The fourth-order valence-corrected chi connectivity index (χ4v) is 15.3. The van der Waals surface area contributed by atoms with Crippen molar-refractivity contribution in [3.63, 3.8) is 0 Å². The summed E-state index contributed by atoms with van der Waals surface area (Å²) in [5.41, 5.74) is 9.09. The minimum atomic E-state index is -0.436. The minimum Gasteiger partial charge on any atom is -0.383 e. The van der Waals surface area contributed by atoms with Crippen molar-refractivity contribution in [2.45, 2.75) is 295 Å². The number of anilines is 12. The van der Waals surface area contributed by atoms with Crippen LogP contribution in [-0.2, 0) is 18.9 Å². The van der Waals surface area contributed by atoms with Crippen LogP contribution in [0.5, 0.6) is 0 Å². The zero-order valence-electron chi connectivity index (χ0n) is 90.3. The Balaban J connectivity index is 0.000000545. The third-order valence-corrected chi connectivity index (χ3v) is 23.4. The quantitative estimate of drug-likeness (QED) is 0.00422. The molecule has 138 heavy (non-hydrogen) atoms. The topological polar surface area (TPSA) is 437 Å². The zero-order chi connectivity index (χ0) is 105. The van der Waals surface area contributed by atoms with Crippen molar-refractivity contribution in [3.8, 4) is 6.19 Å². The second-order valence-electron chi connectivity index (χ2n) is 44.7. The molecule has 6 aromatic carbocycles. The average Bonchev–Trinajstić information content (AvgIpc) is 0.780. The van der Waals surface area contributed by atoms with Crippen molar-refractivity contribution in [2.24, 2.45) is 54.5 Å². The van der Waals surface area contributed by atoms with E-state index in [1.165, 1.54) is 6.42 Å². The minimum absolute atomic E-state index is 0.265. The number of ether oxygens (including phenoxy) is 4. The fraction of sp³-hybridized carbons (Fsp3) is 0.752. The number of hydrogen-bond donors (Lipinski definition) is 11. The van der Waals surface area contributed by atoms with Gasteiger partial charge in [-0.2, -0.15) is 5.26 Å². The molecule has 784 valence electrons. The van der Waals surface area contributed by atoms with Gasteiger partial charge in [-0.1, -0.05) is 152 Å². The molecule has 33 nitrogen and oxygen atoms in total. The summed E-state index contributed by atoms with van der Waals surface area (Å²) in [7, 11) is 4.82. The Morgan fingerprint density at radius 1 is 0.370 bits per heavy atom. The molecule has 0 unspecified atom stereocenters. The summed E-state index contributed by atoms with van der Waals surface area (Å²) in [6.07, 6.45) is 22.1. The molecule has 8 rings (SSSR count). The van der Waals surface area contributed by atoms with Gasteiger partial charge in [0.05, 0.1) is 33.0 Å². The summed E-state index contributed by atoms with van der Waals surface area (Å²) >= 11 is 0. The van der Waals surface area contributed by atoms with E-state index in [4.69, 9.17) is 29.9 Å². The van der Waals surface area contributed by atoms with Crippen molar-refractivity contribution in [2.75, 3.05) is 241 Å². The van der Waals surface area contributed by atoms with Crippen LogP contribution in [0.4, 0.5) is 68.2 Å². The number of nitriles is 1. The second-order valence-corrected chi connectivity index (χ2v) is 44.7. The molecule has 0 aliphatic carbocycles. The predicted molar refractivity (Wildman–Crippen MR) is 580 cm³/mol. The normalized spacial score (nSPS) is 13.4. The summed E-state index contributed by atoms with van der Waals surface area (Å²) in [6, 6.07) is 0. The molecule has 2 aliphatic heterocycles. The highest BCUT2D eigenvalue weighted by Gasteiger charge is 2.32. The van der Waals surface area contributed by atoms with Crippen molar-refractivity contribution in [1.82, 2.24) is 10.6 Å². The Labute approximate surface area is 824 Å². The van der Waals surface area contributed by atoms with Gasteiger partial charge >= 0.3 is 0 Å². The van der Waals surface area contributed by atoms with Crippen LogP contribution in [0.25, 0.3) is 0 Å². The third kappa shape index (κ3) is 46.8. The first-order chi connectivity index (χ1) is 64.5. The van der Waals surface area contributed by atoms with Crippen LogP contribution in [0.3, 0.4) is 0 Å². The smallest absolute Gasteiger partial charge is 0.253 e. The molecule has 0 amide bonds. The maximum absolute atomic E-state index is 12.0. The highest BCUT2D eigenvalue weighted by molar-refractivity contribution is 5.81. The highest BCUT2D eigenvalue weighted by Crippen LogP contribution is 2.32. The first kappa shape index (κ1) is 125. The Morgan fingerprint density at radius 3 is 1.00 bits per heavy atom. The SMILES string of the molecule is CC(C)(C)CCCN=C(NC#N)NCCOCCN.CC(C)(C)CCCNc1c(N2CCCCC2)c(=O)c1=O.CC1CCN(c2c(NCCCC(C)(C)C)c(=O)c2=O)CC1.CCN(CC)c1c(NCCCC(C)(C)C)c(=O)c1=O.CCNc1c(NCCCC(C)(C)C)c(=O)c1=O.COCCN(CCOC)c1c(NCCCC(C)(C)C)c(=O)c1=O.COCCNc1c(NCCCC(C)(C)C)c(=O)c1=O. The van der Waals surface area contributed by atoms with E-state index in [1.807, 2.05) is 36.8 Å². The van der Waals surface area contributed by atoms with E-state index in [-0.39, 0.29) is 43.4 Å². The molecule has 2 aliphatic rings. The van der Waals surface area contributed by atoms with Gasteiger partial charge in [-0.05, 0) is 187 Å². The van der Waals surface area contributed by atoms with Gasteiger partial charge in [0.15, 0.2) is 6.19 Å². The van der Waals surface area contributed by atoms with Gasteiger partial charge in [0.2, 0.25) is 5.96 Å². The summed E-state index contributed by atoms with van der Waals surface area (Å²) in [6.45, 7) is 70.5. The number of nitrogens with zero attached hydrogens (tertiary/aromatic N) is 6. The van der Waals surface area contributed by atoms with Gasteiger partial charge in [0, 0.05) is 146 Å². The highest BCUT2D eigenvalue weighted by atomic mass is 16.5. The number of piperidine rings is 2.